The van der Waals surface area contributed by atoms with Gasteiger partial charge in [0.2, 0.25) is 5.89 Å². The summed E-state index contributed by atoms with van der Waals surface area (Å²) in [5, 5.41) is 4.07. The normalized spacial score (nSPS) is 19.9. The van der Waals surface area contributed by atoms with E-state index >= 15 is 0 Å². The lowest BCUT2D eigenvalue weighted by Crippen LogP contribution is -2.23. The van der Waals surface area contributed by atoms with E-state index in [1.807, 2.05) is 18.3 Å². The van der Waals surface area contributed by atoms with Crippen LogP contribution in [0.3, 0.4) is 0 Å². The predicted molar refractivity (Wildman–Crippen MR) is 75.0 cm³/mol. The van der Waals surface area contributed by atoms with Gasteiger partial charge in [-0.15, -0.1) is 0 Å². The standard InChI is InChI=1S/C15H20N4O/c1-11(2)14-17-15(20-18-14)13-7-5-9-19(13)10-12-6-3-4-8-16-12/h3-4,6,8,11,13H,5,7,9-10H2,1-2H3/t13-/m0/s1. The third-order valence-electron chi connectivity index (χ3n) is 3.71. The molecule has 0 saturated carbocycles. The Morgan fingerprint density at radius 1 is 1.40 bits per heavy atom. The van der Waals surface area contributed by atoms with Gasteiger partial charge >= 0.3 is 0 Å². The highest BCUT2D eigenvalue weighted by atomic mass is 16.5. The highest BCUT2D eigenvalue weighted by Crippen LogP contribution is 2.32. The minimum absolute atomic E-state index is 0.233. The molecule has 0 spiro atoms. The zero-order valence-corrected chi connectivity index (χ0v) is 12.0. The second-order valence-corrected chi connectivity index (χ2v) is 5.60. The smallest absolute Gasteiger partial charge is 0.244 e. The lowest BCUT2D eigenvalue weighted by Gasteiger charge is -2.20. The topological polar surface area (TPSA) is 55.1 Å². The first-order valence-corrected chi connectivity index (χ1v) is 7.21. The van der Waals surface area contributed by atoms with E-state index in [1.54, 1.807) is 0 Å². The molecule has 20 heavy (non-hydrogen) atoms. The van der Waals surface area contributed by atoms with Gasteiger partial charge < -0.3 is 4.52 Å². The Morgan fingerprint density at radius 3 is 3.00 bits per heavy atom. The Labute approximate surface area is 119 Å². The average Bonchev–Trinajstić information content (AvgIpc) is 3.08. The number of hydrogen-bond donors (Lipinski definition) is 0. The Hall–Kier alpha value is -1.75. The Balaban J connectivity index is 1.74. The van der Waals surface area contributed by atoms with Crippen LogP contribution in [0.2, 0.25) is 0 Å². The molecule has 0 bridgehead atoms. The number of likely N-dealkylation sites (tertiary alicyclic amines) is 1. The molecule has 3 heterocycles. The molecule has 0 amide bonds. The third-order valence-corrected chi connectivity index (χ3v) is 3.71. The van der Waals surface area contributed by atoms with Crippen molar-refractivity contribution in [1.82, 2.24) is 20.0 Å². The molecule has 1 saturated heterocycles. The van der Waals surface area contributed by atoms with Crippen LogP contribution in [0.1, 0.15) is 56.1 Å². The molecule has 2 aromatic rings. The van der Waals surface area contributed by atoms with Crippen LogP contribution in [0, 0.1) is 0 Å². The second kappa shape index (κ2) is 5.71. The summed E-state index contributed by atoms with van der Waals surface area (Å²) in [4.78, 5) is 11.3. The predicted octanol–water partition coefficient (Wildman–Crippen LogP) is 2.93. The summed E-state index contributed by atoms with van der Waals surface area (Å²) in [6.07, 6.45) is 4.08. The van der Waals surface area contributed by atoms with E-state index in [0.717, 1.165) is 43.3 Å². The van der Waals surface area contributed by atoms with E-state index in [1.165, 1.54) is 0 Å². The lowest BCUT2D eigenvalue weighted by molar-refractivity contribution is 0.199. The molecule has 5 nitrogen and oxygen atoms in total. The first-order valence-electron chi connectivity index (χ1n) is 7.21. The van der Waals surface area contributed by atoms with Crippen LogP contribution in [0.5, 0.6) is 0 Å². The summed E-state index contributed by atoms with van der Waals surface area (Å²) in [6, 6.07) is 6.26. The molecule has 2 aromatic heterocycles. The first kappa shape index (κ1) is 13.2. The summed E-state index contributed by atoms with van der Waals surface area (Å²) in [6.45, 7) is 6.05. The molecule has 1 aliphatic heterocycles. The van der Waals surface area contributed by atoms with E-state index in [9.17, 15) is 0 Å². The van der Waals surface area contributed by atoms with Crippen molar-refractivity contribution in [3.05, 3.63) is 41.8 Å². The van der Waals surface area contributed by atoms with Crippen LogP contribution in [-0.4, -0.2) is 26.6 Å². The Morgan fingerprint density at radius 2 is 2.30 bits per heavy atom. The van der Waals surface area contributed by atoms with Gasteiger partial charge in [0.15, 0.2) is 5.82 Å². The molecule has 0 N–H and O–H groups in total. The van der Waals surface area contributed by atoms with Gasteiger partial charge in [0.1, 0.15) is 0 Å². The van der Waals surface area contributed by atoms with Crippen LogP contribution >= 0.6 is 0 Å². The first-order chi connectivity index (χ1) is 9.74. The summed E-state index contributed by atoms with van der Waals surface area (Å²) >= 11 is 0. The second-order valence-electron chi connectivity index (χ2n) is 5.60. The highest BCUT2D eigenvalue weighted by Gasteiger charge is 2.31. The average molecular weight is 272 g/mol. The largest absolute Gasteiger partial charge is 0.338 e. The van der Waals surface area contributed by atoms with Gasteiger partial charge in [-0.1, -0.05) is 25.1 Å². The van der Waals surface area contributed by atoms with Crippen LogP contribution in [-0.2, 0) is 6.54 Å². The zero-order valence-electron chi connectivity index (χ0n) is 12.0. The third kappa shape index (κ3) is 2.72. The van der Waals surface area contributed by atoms with Crippen LogP contribution in [0.15, 0.2) is 28.9 Å². The van der Waals surface area contributed by atoms with Gasteiger partial charge in [0, 0.05) is 18.7 Å². The van der Waals surface area contributed by atoms with Crippen LogP contribution < -0.4 is 0 Å². The summed E-state index contributed by atoms with van der Waals surface area (Å²) in [5.41, 5.74) is 1.09. The van der Waals surface area contributed by atoms with Crippen molar-refractivity contribution in [1.29, 1.82) is 0 Å². The summed E-state index contributed by atoms with van der Waals surface area (Å²) in [7, 11) is 0. The number of nitrogens with zero attached hydrogens (tertiary/aromatic N) is 4. The van der Waals surface area contributed by atoms with E-state index < -0.39 is 0 Å². The molecule has 0 aliphatic carbocycles. The molecular weight excluding hydrogens is 252 g/mol. The maximum Gasteiger partial charge on any atom is 0.244 e. The van der Waals surface area contributed by atoms with Crippen LogP contribution in [0.25, 0.3) is 0 Å². The number of rotatable bonds is 4. The van der Waals surface area contributed by atoms with Crippen molar-refractivity contribution in [2.75, 3.05) is 6.54 Å². The molecule has 5 heteroatoms. The summed E-state index contributed by atoms with van der Waals surface area (Å²) in [5.74, 6) is 1.85. The molecule has 1 fully saturated rings. The van der Waals surface area contributed by atoms with Crippen LogP contribution in [0.4, 0.5) is 0 Å². The fraction of sp³-hybridized carbons (Fsp3) is 0.533. The lowest BCUT2D eigenvalue weighted by atomic mass is 10.2. The zero-order chi connectivity index (χ0) is 13.9. The number of pyridine rings is 1. The quantitative estimate of drug-likeness (QED) is 0.856. The highest BCUT2D eigenvalue weighted by molar-refractivity contribution is 5.06. The van der Waals surface area contributed by atoms with Crippen molar-refractivity contribution in [3.63, 3.8) is 0 Å². The number of aromatic nitrogens is 3. The molecule has 3 rings (SSSR count). The van der Waals surface area contributed by atoms with Gasteiger partial charge in [0.05, 0.1) is 11.7 Å². The Kier molecular flexibility index (Phi) is 3.78. The van der Waals surface area contributed by atoms with Crippen molar-refractivity contribution in [2.24, 2.45) is 0 Å². The molecule has 1 atom stereocenters. The van der Waals surface area contributed by atoms with Crippen molar-refractivity contribution < 1.29 is 4.52 Å². The van der Waals surface area contributed by atoms with E-state index in [2.05, 4.69) is 39.9 Å². The minimum Gasteiger partial charge on any atom is -0.338 e. The monoisotopic (exact) mass is 272 g/mol. The van der Waals surface area contributed by atoms with E-state index in [4.69, 9.17) is 4.52 Å². The van der Waals surface area contributed by atoms with Gasteiger partial charge in [-0.05, 0) is 31.5 Å². The van der Waals surface area contributed by atoms with Crippen molar-refractivity contribution in [2.45, 2.75) is 45.2 Å². The molecule has 1 aliphatic rings. The molecule has 0 aromatic carbocycles. The summed E-state index contributed by atoms with van der Waals surface area (Å²) < 4.78 is 5.45. The van der Waals surface area contributed by atoms with Gasteiger partial charge in [-0.2, -0.15) is 4.98 Å². The van der Waals surface area contributed by atoms with Crippen molar-refractivity contribution >= 4 is 0 Å². The molecule has 0 unspecified atom stereocenters. The molecule has 0 radical (unpaired) electrons. The number of hydrogen-bond acceptors (Lipinski definition) is 5. The SMILES string of the molecule is CC(C)c1noc([C@@H]2CCCN2Cc2ccccn2)n1. The Bertz CT molecular complexity index is 552. The van der Waals surface area contributed by atoms with Gasteiger partial charge in [-0.3, -0.25) is 9.88 Å². The van der Waals surface area contributed by atoms with E-state index in [0.29, 0.717) is 5.92 Å². The molecule has 106 valence electrons. The van der Waals surface area contributed by atoms with Crippen molar-refractivity contribution in [3.8, 4) is 0 Å². The fourth-order valence-corrected chi connectivity index (χ4v) is 2.61. The minimum atomic E-state index is 0.233. The fourth-order valence-electron chi connectivity index (χ4n) is 2.61. The molecular formula is C15H20N4O. The van der Waals surface area contributed by atoms with Gasteiger partial charge in [-0.25, -0.2) is 0 Å². The van der Waals surface area contributed by atoms with Gasteiger partial charge in [0.25, 0.3) is 0 Å². The van der Waals surface area contributed by atoms with E-state index in [-0.39, 0.29) is 6.04 Å². The maximum absolute atomic E-state index is 5.45. The maximum atomic E-state index is 5.45.